The maximum Gasteiger partial charge on any atom is 0.319 e. The van der Waals surface area contributed by atoms with Gasteiger partial charge in [0.15, 0.2) is 0 Å². The molecule has 116 valence electrons. The first-order valence-corrected chi connectivity index (χ1v) is 7.38. The highest BCUT2D eigenvalue weighted by molar-refractivity contribution is 9.10. The molecule has 1 rings (SSSR count). The Hall–Kier alpha value is -1.43. The molecule has 0 aromatic heterocycles. The van der Waals surface area contributed by atoms with E-state index < -0.39 is 29.0 Å². The Kier molecular flexibility index (Phi) is 5.89. The Bertz CT molecular complexity index is 540. The minimum atomic E-state index is -0.950. The van der Waals surface area contributed by atoms with Gasteiger partial charge in [0, 0.05) is 4.47 Å². The third-order valence-electron chi connectivity index (χ3n) is 2.84. The number of nitrogens with one attached hydrogen (secondary N) is 1. The molecule has 1 aromatic carbocycles. The van der Waals surface area contributed by atoms with Crippen LogP contribution in [-0.4, -0.2) is 18.5 Å². The molecule has 0 aliphatic carbocycles. The molecule has 21 heavy (non-hydrogen) atoms. The van der Waals surface area contributed by atoms with Crippen LogP contribution in [0.5, 0.6) is 0 Å². The highest BCUT2D eigenvalue weighted by atomic mass is 79.9. The highest BCUT2D eigenvalue weighted by Gasteiger charge is 2.39. The fourth-order valence-electron chi connectivity index (χ4n) is 1.88. The van der Waals surface area contributed by atoms with Gasteiger partial charge in [-0.05, 0) is 46.5 Å². The molecule has 4 nitrogen and oxygen atoms in total. The quantitative estimate of drug-likeness (QED) is 0.657. The molecule has 6 heteroatoms. The zero-order chi connectivity index (χ0) is 16.2. The molecule has 0 spiro atoms. The molecule has 0 bridgehead atoms. The Morgan fingerprint density at radius 3 is 2.48 bits per heavy atom. The molecule has 0 radical (unpaired) electrons. The summed E-state index contributed by atoms with van der Waals surface area (Å²) in [6.45, 7) is 7.25. The van der Waals surface area contributed by atoms with E-state index in [-0.39, 0.29) is 6.61 Å². The lowest BCUT2D eigenvalue weighted by Crippen LogP contribution is -2.40. The number of hydrogen-bond acceptors (Lipinski definition) is 3. The number of benzene rings is 1. The van der Waals surface area contributed by atoms with Gasteiger partial charge in [-0.3, -0.25) is 9.59 Å². The van der Waals surface area contributed by atoms with E-state index in [1.54, 1.807) is 27.7 Å². The Labute approximate surface area is 132 Å². The van der Waals surface area contributed by atoms with Gasteiger partial charge >= 0.3 is 5.97 Å². The Morgan fingerprint density at radius 1 is 1.38 bits per heavy atom. The molecule has 1 unspecified atom stereocenters. The minimum absolute atomic E-state index is 0.207. The smallest absolute Gasteiger partial charge is 0.319 e. The molecule has 0 fully saturated rings. The first-order chi connectivity index (χ1) is 9.66. The van der Waals surface area contributed by atoms with E-state index in [0.29, 0.717) is 10.2 Å². The van der Waals surface area contributed by atoms with Gasteiger partial charge in [-0.1, -0.05) is 20.8 Å². The van der Waals surface area contributed by atoms with E-state index in [1.165, 1.54) is 18.2 Å². The summed E-state index contributed by atoms with van der Waals surface area (Å²) in [6, 6.07) is 3.91. The second kappa shape index (κ2) is 7.02. The summed E-state index contributed by atoms with van der Waals surface area (Å²) in [5.41, 5.74) is -0.192. The van der Waals surface area contributed by atoms with Gasteiger partial charge in [0.2, 0.25) is 5.91 Å². The molecule has 0 heterocycles. The van der Waals surface area contributed by atoms with Crippen LogP contribution in [0.25, 0.3) is 0 Å². The summed E-state index contributed by atoms with van der Waals surface area (Å²) in [5, 5.41) is 2.63. The van der Waals surface area contributed by atoms with Crippen molar-refractivity contribution in [3.63, 3.8) is 0 Å². The number of halogens is 2. The predicted molar refractivity (Wildman–Crippen MR) is 82.3 cm³/mol. The second-order valence-corrected chi connectivity index (χ2v) is 6.52. The lowest BCUT2D eigenvalue weighted by molar-refractivity contribution is -0.155. The van der Waals surface area contributed by atoms with Crippen LogP contribution in [-0.2, 0) is 14.3 Å². The molecule has 1 N–H and O–H groups in total. The van der Waals surface area contributed by atoms with E-state index in [9.17, 15) is 14.0 Å². The summed E-state index contributed by atoms with van der Waals surface area (Å²) in [6.07, 6.45) is 0. The monoisotopic (exact) mass is 359 g/mol. The first-order valence-electron chi connectivity index (χ1n) is 6.59. The standard InChI is InChI=1S/C15H19BrFNO3/c1-5-21-14(20)12(15(2,3)4)13(19)18-11-7-6-9(17)8-10(11)16/h6-8,12H,5H2,1-4H3,(H,18,19). The van der Waals surface area contributed by atoms with E-state index >= 15 is 0 Å². The number of hydrogen-bond donors (Lipinski definition) is 1. The molecule has 1 atom stereocenters. The third-order valence-corrected chi connectivity index (χ3v) is 3.50. The summed E-state index contributed by atoms with van der Waals surface area (Å²) in [5.74, 6) is -2.42. The number of anilines is 1. The third kappa shape index (κ3) is 4.81. The van der Waals surface area contributed by atoms with Gasteiger partial charge in [-0.25, -0.2) is 4.39 Å². The van der Waals surface area contributed by atoms with Gasteiger partial charge in [0.25, 0.3) is 0 Å². The van der Waals surface area contributed by atoms with Crippen LogP contribution >= 0.6 is 15.9 Å². The van der Waals surface area contributed by atoms with Gasteiger partial charge in [-0.2, -0.15) is 0 Å². The van der Waals surface area contributed by atoms with Crippen LogP contribution in [0.3, 0.4) is 0 Å². The molecular weight excluding hydrogens is 341 g/mol. The van der Waals surface area contributed by atoms with Gasteiger partial charge < -0.3 is 10.1 Å². The first kappa shape index (κ1) is 17.6. The predicted octanol–water partition coefficient (Wildman–Crippen LogP) is 3.75. The fraction of sp³-hybridized carbons (Fsp3) is 0.467. The average molecular weight is 360 g/mol. The fourth-order valence-corrected chi connectivity index (χ4v) is 2.33. The average Bonchev–Trinajstić information content (AvgIpc) is 2.31. The summed E-state index contributed by atoms with van der Waals surface area (Å²) < 4.78 is 18.4. The van der Waals surface area contributed by atoms with Crippen molar-refractivity contribution in [3.05, 3.63) is 28.5 Å². The lowest BCUT2D eigenvalue weighted by Gasteiger charge is -2.27. The largest absolute Gasteiger partial charge is 0.465 e. The summed E-state index contributed by atoms with van der Waals surface area (Å²) >= 11 is 3.17. The van der Waals surface area contributed by atoms with Crippen molar-refractivity contribution in [2.45, 2.75) is 27.7 Å². The number of rotatable bonds is 4. The number of esters is 1. The van der Waals surface area contributed by atoms with Crippen LogP contribution in [0, 0.1) is 17.2 Å². The van der Waals surface area contributed by atoms with Crippen LogP contribution in [0.2, 0.25) is 0 Å². The summed E-state index contributed by atoms with van der Waals surface area (Å²) in [7, 11) is 0. The molecule has 0 aliphatic rings. The lowest BCUT2D eigenvalue weighted by atomic mass is 9.80. The Morgan fingerprint density at radius 2 is 2.00 bits per heavy atom. The normalized spacial score (nSPS) is 12.7. The topological polar surface area (TPSA) is 55.4 Å². The maximum atomic E-state index is 13.0. The van der Waals surface area contributed by atoms with Crippen LogP contribution in [0.15, 0.2) is 22.7 Å². The molecule has 0 saturated carbocycles. The molecule has 1 aromatic rings. The zero-order valence-corrected chi connectivity index (χ0v) is 14.1. The van der Waals surface area contributed by atoms with Crippen molar-refractivity contribution in [1.29, 1.82) is 0 Å². The zero-order valence-electron chi connectivity index (χ0n) is 12.5. The number of ether oxygens (including phenoxy) is 1. The van der Waals surface area contributed by atoms with Crippen LogP contribution in [0.4, 0.5) is 10.1 Å². The van der Waals surface area contributed by atoms with E-state index in [2.05, 4.69) is 21.2 Å². The van der Waals surface area contributed by atoms with Crippen molar-refractivity contribution in [1.82, 2.24) is 0 Å². The van der Waals surface area contributed by atoms with Crippen LogP contribution < -0.4 is 5.32 Å². The van der Waals surface area contributed by atoms with Crippen LogP contribution in [0.1, 0.15) is 27.7 Å². The molecular formula is C15H19BrFNO3. The highest BCUT2D eigenvalue weighted by Crippen LogP contribution is 2.30. The van der Waals surface area contributed by atoms with Crippen molar-refractivity contribution in [3.8, 4) is 0 Å². The second-order valence-electron chi connectivity index (χ2n) is 5.66. The van der Waals surface area contributed by atoms with Gasteiger partial charge in [-0.15, -0.1) is 0 Å². The number of carbonyl (C=O) groups excluding carboxylic acids is 2. The van der Waals surface area contributed by atoms with E-state index in [0.717, 1.165) is 0 Å². The van der Waals surface area contributed by atoms with Crippen molar-refractivity contribution < 1.29 is 18.7 Å². The number of amides is 1. The van der Waals surface area contributed by atoms with E-state index in [4.69, 9.17) is 4.74 Å². The van der Waals surface area contributed by atoms with E-state index in [1.807, 2.05) is 0 Å². The Balaban J connectivity index is 2.99. The SMILES string of the molecule is CCOC(=O)C(C(=O)Nc1ccc(F)cc1Br)C(C)(C)C. The molecule has 1 amide bonds. The van der Waals surface area contributed by atoms with Gasteiger partial charge in [0.1, 0.15) is 11.7 Å². The van der Waals surface area contributed by atoms with Gasteiger partial charge in [0.05, 0.1) is 12.3 Å². The molecule has 0 aliphatic heterocycles. The summed E-state index contributed by atoms with van der Waals surface area (Å²) in [4.78, 5) is 24.4. The maximum absolute atomic E-state index is 13.0. The van der Waals surface area contributed by atoms with Crippen molar-refractivity contribution in [2.75, 3.05) is 11.9 Å². The molecule has 0 saturated heterocycles. The minimum Gasteiger partial charge on any atom is -0.465 e. The van der Waals surface area contributed by atoms with Crippen molar-refractivity contribution in [2.24, 2.45) is 11.3 Å². The van der Waals surface area contributed by atoms with Crippen molar-refractivity contribution >= 4 is 33.5 Å². The number of carbonyl (C=O) groups is 2.